The number of hydrogen-bond donors (Lipinski definition) is 1. The summed E-state index contributed by atoms with van der Waals surface area (Å²) >= 11 is 0. The maximum Gasteiger partial charge on any atom is 0.249 e. The molecule has 1 N–H and O–H groups in total. The number of para-hydroxylation sites is 1. The lowest BCUT2D eigenvalue weighted by Crippen LogP contribution is -2.44. The Morgan fingerprint density at radius 2 is 1.72 bits per heavy atom. The zero-order valence-corrected chi connectivity index (χ0v) is 19.3. The zero-order chi connectivity index (χ0) is 23.3. The third-order valence-corrected chi connectivity index (χ3v) is 5.25. The third kappa shape index (κ3) is 5.06. The minimum Gasteiger partial charge on any atom is -0.375 e. The van der Waals surface area contributed by atoms with Gasteiger partial charge in [0.1, 0.15) is 19.0 Å². The van der Waals surface area contributed by atoms with Gasteiger partial charge in [-0.1, -0.05) is 48.5 Å². The SMILES string of the molecule is COCC(=O)N(CC(=O)Nc1c(-c2ccccc2)c(C)nn1-c1ccccc1C)C(C)C. The monoisotopic (exact) mass is 434 g/mol. The Kier molecular flexibility index (Phi) is 7.43. The molecule has 7 nitrogen and oxygen atoms in total. The molecule has 2 aromatic carbocycles. The van der Waals surface area contributed by atoms with E-state index in [1.165, 1.54) is 12.0 Å². The van der Waals surface area contributed by atoms with E-state index in [2.05, 4.69) is 5.32 Å². The highest BCUT2D eigenvalue weighted by Crippen LogP contribution is 2.34. The maximum atomic E-state index is 13.1. The molecule has 0 radical (unpaired) electrons. The van der Waals surface area contributed by atoms with E-state index >= 15 is 0 Å². The zero-order valence-electron chi connectivity index (χ0n) is 19.3. The first-order valence-electron chi connectivity index (χ1n) is 10.6. The second-order valence-corrected chi connectivity index (χ2v) is 7.97. The van der Waals surface area contributed by atoms with Crippen molar-refractivity contribution in [1.29, 1.82) is 0 Å². The average Bonchev–Trinajstić information content (AvgIpc) is 3.08. The highest BCUT2D eigenvalue weighted by molar-refractivity contribution is 5.98. The molecule has 0 fully saturated rings. The van der Waals surface area contributed by atoms with E-state index in [-0.39, 0.29) is 31.0 Å². The number of anilines is 1. The number of nitrogens with one attached hydrogen (secondary N) is 1. The number of aryl methyl sites for hydroxylation is 2. The second kappa shape index (κ2) is 10.2. The Labute approximate surface area is 189 Å². The number of rotatable bonds is 8. The number of methoxy groups -OCH3 is 1. The van der Waals surface area contributed by atoms with E-state index in [1.54, 1.807) is 4.68 Å². The number of benzene rings is 2. The molecule has 3 aromatic rings. The van der Waals surface area contributed by atoms with E-state index in [1.807, 2.05) is 82.3 Å². The van der Waals surface area contributed by atoms with Crippen molar-refractivity contribution in [2.45, 2.75) is 33.7 Å². The van der Waals surface area contributed by atoms with Crippen molar-refractivity contribution in [3.05, 3.63) is 65.9 Å². The lowest BCUT2D eigenvalue weighted by atomic mass is 10.1. The van der Waals surface area contributed by atoms with E-state index in [0.717, 1.165) is 28.1 Å². The van der Waals surface area contributed by atoms with E-state index in [9.17, 15) is 9.59 Å². The van der Waals surface area contributed by atoms with Gasteiger partial charge < -0.3 is 15.0 Å². The quantitative estimate of drug-likeness (QED) is 0.582. The van der Waals surface area contributed by atoms with Crippen molar-refractivity contribution in [3.63, 3.8) is 0 Å². The summed E-state index contributed by atoms with van der Waals surface area (Å²) in [5.74, 6) is 0.0514. The van der Waals surface area contributed by atoms with Gasteiger partial charge in [0.05, 0.1) is 11.4 Å². The van der Waals surface area contributed by atoms with Gasteiger partial charge in [-0.15, -0.1) is 0 Å². The van der Waals surface area contributed by atoms with Crippen molar-refractivity contribution < 1.29 is 14.3 Å². The first kappa shape index (κ1) is 23.2. The third-order valence-electron chi connectivity index (χ3n) is 5.25. The van der Waals surface area contributed by atoms with Crippen LogP contribution in [0.2, 0.25) is 0 Å². The average molecular weight is 435 g/mol. The predicted octanol–water partition coefficient (Wildman–Crippen LogP) is 3.98. The van der Waals surface area contributed by atoms with Crippen molar-refractivity contribution in [3.8, 4) is 16.8 Å². The summed E-state index contributed by atoms with van der Waals surface area (Å²) in [5.41, 5.74) is 4.51. The summed E-state index contributed by atoms with van der Waals surface area (Å²) in [6, 6.07) is 17.6. The van der Waals surface area contributed by atoms with E-state index < -0.39 is 0 Å². The van der Waals surface area contributed by atoms with Crippen LogP contribution < -0.4 is 5.32 Å². The van der Waals surface area contributed by atoms with Crippen LogP contribution in [0.3, 0.4) is 0 Å². The molecule has 0 aliphatic heterocycles. The molecule has 32 heavy (non-hydrogen) atoms. The van der Waals surface area contributed by atoms with Gasteiger partial charge >= 0.3 is 0 Å². The minimum atomic E-state index is -0.296. The van der Waals surface area contributed by atoms with Gasteiger partial charge in [0.25, 0.3) is 0 Å². The molecular weight excluding hydrogens is 404 g/mol. The van der Waals surface area contributed by atoms with E-state index in [0.29, 0.717) is 5.82 Å². The molecule has 0 unspecified atom stereocenters. The Morgan fingerprint density at radius 1 is 1.06 bits per heavy atom. The summed E-state index contributed by atoms with van der Waals surface area (Å²) in [7, 11) is 1.46. The fraction of sp³-hybridized carbons (Fsp3) is 0.320. The number of ether oxygens (including phenoxy) is 1. The standard InChI is InChI=1S/C25H30N4O3/c1-17(2)28(23(31)16-32-5)15-22(30)26-25-24(20-12-7-6-8-13-20)19(4)27-29(25)21-14-10-9-11-18(21)3/h6-14,17H,15-16H2,1-5H3,(H,26,30). The molecule has 7 heteroatoms. The second-order valence-electron chi connectivity index (χ2n) is 7.97. The lowest BCUT2D eigenvalue weighted by Gasteiger charge is -2.26. The van der Waals surface area contributed by atoms with Gasteiger partial charge in [-0.05, 0) is 44.9 Å². The molecule has 2 amide bonds. The van der Waals surface area contributed by atoms with Crippen LogP contribution >= 0.6 is 0 Å². The smallest absolute Gasteiger partial charge is 0.249 e. The van der Waals surface area contributed by atoms with Crippen molar-refractivity contribution in [2.24, 2.45) is 0 Å². The van der Waals surface area contributed by atoms with Crippen LogP contribution in [0.25, 0.3) is 16.8 Å². The number of hydrogen-bond acceptors (Lipinski definition) is 4. The molecule has 0 atom stereocenters. The topological polar surface area (TPSA) is 76.5 Å². The highest BCUT2D eigenvalue weighted by atomic mass is 16.5. The minimum absolute atomic E-state index is 0.0685. The first-order chi connectivity index (χ1) is 15.3. The summed E-state index contributed by atoms with van der Waals surface area (Å²) < 4.78 is 6.73. The Hall–Kier alpha value is -3.45. The van der Waals surface area contributed by atoms with Gasteiger partial charge in [0.2, 0.25) is 11.8 Å². The van der Waals surface area contributed by atoms with Gasteiger partial charge in [0, 0.05) is 18.7 Å². The van der Waals surface area contributed by atoms with Crippen molar-refractivity contribution in [2.75, 3.05) is 25.6 Å². The molecule has 0 aliphatic carbocycles. The first-order valence-corrected chi connectivity index (χ1v) is 10.6. The molecule has 0 saturated heterocycles. The Morgan fingerprint density at radius 3 is 2.34 bits per heavy atom. The molecule has 1 heterocycles. The van der Waals surface area contributed by atoms with Gasteiger partial charge in [0.15, 0.2) is 0 Å². The summed E-state index contributed by atoms with van der Waals surface area (Å²) in [4.78, 5) is 27.0. The van der Waals surface area contributed by atoms with Crippen LogP contribution in [0.15, 0.2) is 54.6 Å². The normalized spacial score (nSPS) is 10.9. The Bertz CT molecular complexity index is 1090. The van der Waals surface area contributed by atoms with Gasteiger partial charge in [-0.3, -0.25) is 9.59 Å². The number of carbonyl (C=O) groups is 2. The maximum absolute atomic E-state index is 13.1. The summed E-state index contributed by atoms with van der Waals surface area (Å²) in [6.07, 6.45) is 0. The van der Waals surface area contributed by atoms with Crippen LogP contribution in [-0.4, -0.2) is 52.8 Å². The molecule has 3 rings (SSSR count). The molecule has 1 aromatic heterocycles. The number of nitrogens with zero attached hydrogens (tertiary/aromatic N) is 3. The fourth-order valence-electron chi connectivity index (χ4n) is 3.66. The van der Waals surface area contributed by atoms with Gasteiger partial charge in [-0.2, -0.15) is 5.10 Å². The molecular formula is C25H30N4O3. The summed E-state index contributed by atoms with van der Waals surface area (Å²) in [6.45, 7) is 7.53. The Balaban J connectivity index is 2.03. The molecule has 0 spiro atoms. The fourth-order valence-corrected chi connectivity index (χ4v) is 3.66. The van der Waals surface area contributed by atoms with Crippen LogP contribution in [0.5, 0.6) is 0 Å². The largest absolute Gasteiger partial charge is 0.375 e. The molecule has 0 saturated carbocycles. The van der Waals surface area contributed by atoms with E-state index in [4.69, 9.17) is 9.84 Å². The van der Waals surface area contributed by atoms with Gasteiger partial charge in [-0.25, -0.2) is 4.68 Å². The van der Waals surface area contributed by atoms with Crippen LogP contribution in [0.1, 0.15) is 25.1 Å². The molecule has 0 bridgehead atoms. The molecule has 168 valence electrons. The van der Waals surface area contributed by atoms with Crippen LogP contribution in [-0.2, 0) is 14.3 Å². The number of aromatic nitrogens is 2. The predicted molar refractivity (Wildman–Crippen MR) is 126 cm³/mol. The van der Waals surface area contributed by atoms with Crippen molar-refractivity contribution >= 4 is 17.6 Å². The number of carbonyl (C=O) groups excluding carboxylic acids is 2. The number of amides is 2. The highest BCUT2D eigenvalue weighted by Gasteiger charge is 2.24. The van der Waals surface area contributed by atoms with Crippen molar-refractivity contribution in [1.82, 2.24) is 14.7 Å². The van der Waals surface area contributed by atoms with Crippen LogP contribution in [0, 0.1) is 13.8 Å². The molecule has 0 aliphatic rings. The lowest BCUT2D eigenvalue weighted by molar-refractivity contribution is -0.139. The van der Waals surface area contributed by atoms with Crippen LogP contribution in [0.4, 0.5) is 5.82 Å². The summed E-state index contributed by atoms with van der Waals surface area (Å²) in [5, 5.41) is 7.78.